The fraction of sp³-hybridized carbons (Fsp3) is 0.120. The highest BCUT2D eigenvalue weighted by Gasteiger charge is 2.14. The van der Waals surface area contributed by atoms with Crippen molar-refractivity contribution in [1.82, 2.24) is 0 Å². The molecule has 0 fully saturated rings. The fourth-order valence-electron chi connectivity index (χ4n) is 2.98. The van der Waals surface area contributed by atoms with Crippen LogP contribution in [0.1, 0.15) is 18.1 Å². The van der Waals surface area contributed by atoms with E-state index in [4.69, 9.17) is 32.7 Å². The lowest BCUT2D eigenvalue weighted by Gasteiger charge is -2.13. The lowest BCUT2D eigenvalue weighted by Crippen LogP contribution is -2.13. The zero-order valence-corrected chi connectivity index (χ0v) is 20.0. The Morgan fingerprint density at radius 3 is 2.49 bits per heavy atom. The number of benzene rings is 3. The number of anilines is 1. The zero-order valence-electron chi connectivity index (χ0n) is 18.5. The number of nitro benzene ring substituents is 1. The second-order valence-corrected chi connectivity index (χ2v) is 7.94. The number of nitrogens with zero attached hydrogens (tertiary/aromatic N) is 2. The quantitative estimate of drug-likeness (QED) is 0.153. The number of nitrogens with one attached hydrogen (secondary N) is 1. The number of carbonyl (C=O) groups excluding carboxylic acids is 1. The van der Waals surface area contributed by atoms with Gasteiger partial charge in [0.1, 0.15) is 18.2 Å². The molecule has 0 aromatic heterocycles. The molecule has 8 nitrogen and oxygen atoms in total. The topological polar surface area (TPSA) is 114 Å². The normalized spacial score (nSPS) is 10.9. The highest BCUT2D eigenvalue weighted by molar-refractivity contribution is 6.36. The van der Waals surface area contributed by atoms with Crippen molar-refractivity contribution >= 4 is 46.6 Å². The van der Waals surface area contributed by atoms with E-state index in [0.29, 0.717) is 28.7 Å². The van der Waals surface area contributed by atoms with Gasteiger partial charge in [-0.15, -0.1) is 0 Å². The van der Waals surface area contributed by atoms with Crippen LogP contribution in [-0.4, -0.2) is 17.4 Å². The second kappa shape index (κ2) is 11.9. The Kier molecular flexibility index (Phi) is 8.68. The average Bonchev–Trinajstić information content (AvgIpc) is 2.84. The Morgan fingerprint density at radius 2 is 1.83 bits per heavy atom. The monoisotopic (exact) mass is 511 g/mol. The van der Waals surface area contributed by atoms with E-state index in [0.717, 1.165) is 5.56 Å². The minimum atomic E-state index is -0.645. The highest BCUT2D eigenvalue weighted by Crippen LogP contribution is 2.31. The Balaban J connectivity index is 1.78. The number of hydrogen-bond acceptors (Lipinski definition) is 6. The first-order chi connectivity index (χ1) is 16.8. The summed E-state index contributed by atoms with van der Waals surface area (Å²) in [5.41, 5.74) is 1.42. The maximum atomic E-state index is 12.6. The molecule has 0 aliphatic carbocycles. The molecule has 0 radical (unpaired) electrons. The third kappa shape index (κ3) is 6.96. The van der Waals surface area contributed by atoms with E-state index in [1.165, 1.54) is 24.3 Å². The number of nitriles is 1. The van der Waals surface area contributed by atoms with E-state index < -0.39 is 10.8 Å². The summed E-state index contributed by atoms with van der Waals surface area (Å²) in [6.07, 6.45) is 1.41. The van der Waals surface area contributed by atoms with Gasteiger partial charge in [0.25, 0.3) is 11.6 Å². The van der Waals surface area contributed by atoms with Crippen molar-refractivity contribution in [3.05, 3.63) is 97.5 Å². The Morgan fingerprint density at radius 1 is 1.09 bits per heavy atom. The first-order valence-corrected chi connectivity index (χ1v) is 11.1. The molecule has 0 saturated heterocycles. The van der Waals surface area contributed by atoms with Crippen LogP contribution in [0, 0.1) is 21.4 Å². The molecule has 0 bridgehead atoms. The van der Waals surface area contributed by atoms with Crippen molar-refractivity contribution in [3.8, 4) is 17.6 Å². The van der Waals surface area contributed by atoms with Crippen LogP contribution in [0.5, 0.6) is 11.5 Å². The third-order valence-electron chi connectivity index (χ3n) is 4.66. The van der Waals surface area contributed by atoms with Gasteiger partial charge in [-0.2, -0.15) is 5.26 Å². The first-order valence-electron chi connectivity index (χ1n) is 10.3. The Bertz CT molecular complexity index is 1320. The molecule has 1 N–H and O–H groups in total. The van der Waals surface area contributed by atoms with E-state index in [-0.39, 0.29) is 28.6 Å². The molecule has 3 rings (SSSR count). The summed E-state index contributed by atoms with van der Waals surface area (Å²) in [6, 6.07) is 17.5. The van der Waals surface area contributed by atoms with Gasteiger partial charge in [-0.25, -0.2) is 0 Å². The number of halogens is 2. The molecule has 1 amide bonds. The number of amides is 1. The number of carbonyl (C=O) groups is 1. The minimum absolute atomic E-state index is 0.00476. The van der Waals surface area contributed by atoms with Crippen molar-refractivity contribution in [2.75, 3.05) is 11.9 Å². The van der Waals surface area contributed by atoms with Crippen molar-refractivity contribution < 1.29 is 19.2 Å². The fourth-order valence-corrected chi connectivity index (χ4v) is 3.31. The van der Waals surface area contributed by atoms with Crippen LogP contribution in [0.3, 0.4) is 0 Å². The van der Waals surface area contributed by atoms with Gasteiger partial charge < -0.3 is 14.8 Å². The van der Waals surface area contributed by atoms with E-state index >= 15 is 0 Å². The predicted octanol–water partition coefficient (Wildman–Crippen LogP) is 6.42. The predicted molar refractivity (Wildman–Crippen MR) is 134 cm³/mol. The largest absolute Gasteiger partial charge is 0.490 e. The van der Waals surface area contributed by atoms with Gasteiger partial charge in [0.2, 0.25) is 0 Å². The van der Waals surface area contributed by atoms with E-state index in [2.05, 4.69) is 5.32 Å². The molecule has 3 aromatic carbocycles. The Hall–Kier alpha value is -4.06. The third-order valence-corrected chi connectivity index (χ3v) is 5.23. The maximum Gasteiger partial charge on any atom is 0.269 e. The van der Waals surface area contributed by atoms with Crippen LogP contribution >= 0.6 is 23.2 Å². The van der Waals surface area contributed by atoms with Gasteiger partial charge in [0.05, 0.1) is 22.2 Å². The first kappa shape index (κ1) is 25.6. The number of nitro groups is 1. The zero-order chi connectivity index (χ0) is 25.4. The molecule has 0 heterocycles. The van der Waals surface area contributed by atoms with Crippen LogP contribution in [0.4, 0.5) is 11.4 Å². The summed E-state index contributed by atoms with van der Waals surface area (Å²) >= 11 is 12.0. The van der Waals surface area contributed by atoms with Crippen LogP contribution in [0.25, 0.3) is 6.08 Å². The van der Waals surface area contributed by atoms with Crippen LogP contribution < -0.4 is 14.8 Å². The van der Waals surface area contributed by atoms with Gasteiger partial charge in [-0.3, -0.25) is 14.9 Å². The molecule has 10 heteroatoms. The highest BCUT2D eigenvalue weighted by atomic mass is 35.5. The van der Waals surface area contributed by atoms with Gasteiger partial charge >= 0.3 is 0 Å². The smallest absolute Gasteiger partial charge is 0.269 e. The number of hydrogen-bond donors (Lipinski definition) is 1. The summed E-state index contributed by atoms with van der Waals surface area (Å²) in [6.45, 7) is 2.34. The molecule has 0 saturated carbocycles. The summed E-state index contributed by atoms with van der Waals surface area (Å²) in [7, 11) is 0. The van der Waals surface area contributed by atoms with Crippen LogP contribution in [0.2, 0.25) is 10.0 Å². The number of rotatable bonds is 9. The molecule has 0 unspecified atom stereocenters. The van der Waals surface area contributed by atoms with Gasteiger partial charge in [0.15, 0.2) is 11.5 Å². The van der Waals surface area contributed by atoms with E-state index in [1.807, 2.05) is 13.0 Å². The van der Waals surface area contributed by atoms with Crippen molar-refractivity contribution in [2.24, 2.45) is 0 Å². The van der Waals surface area contributed by atoms with Crippen LogP contribution in [-0.2, 0) is 11.4 Å². The summed E-state index contributed by atoms with van der Waals surface area (Å²) < 4.78 is 11.5. The molecular formula is C25H19Cl2N3O5. The van der Waals surface area contributed by atoms with E-state index in [1.54, 1.807) is 42.5 Å². The molecule has 3 aromatic rings. The van der Waals surface area contributed by atoms with Crippen molar-refractivity contribution in [3.63, 3.8) is 0 Å². The van der Waals surface area contributed by atoms with Crippen molar-refractivity contribution in [1.29, 1.82) is 5.26 Å². The lowest BCUT2D eigenvalue weighted by atomic mass is 10.1. The SMILES string of the molecule is CCOc1cc(/C=C(\C#N)C(=O)Nc2cc(Cl)ccc2Cl)ccc1OCc1ccc([N+](=O)[O-])cc1. The standard InChI is InChI=1S/C25H19Cl2N3O5/c1-2-34-24-12-17(5-10-23(24)35-15-16-3-7-20(8-4-16)30(32)33)11-18(14-28)25(31)29-22-13-19(26)6-9-21(22)27/h3-13H,2,15H2,1H3,(H,29,31)/b18-11+. The van der Waals surface area contributed by atoms with Gasteiger partial charge in [0, 0.05) is 17.2 Å². The molecular weight excluding hydrogens is 493 g/mol. The molecule has 178 valence electrons. The molecule has 0 atom stereocenters. The van der Waals surface area contributed by atoms with Gasteiger partial charge in [-0.1, -0.05) is 29.3 Å². The molecule has 0 aliphatic heterocycles. The van der Waals surface area contributed by atoms with E-state index in [9.17, 15) is 20.2 Å². The number of ether oxygens (including phenoxy) is 2. The summed E-state index contributed by atoms with van der Waals surface area (Å²) in [5.74, 6) is 0.211. The summed E-state index contributed by atoms with van der Waals surface area (Å²) in [5, 5.41) is 23.6. The molecule has 0 spiro atoms. The van der Waals surface area contributed by atoms with Gasteiger partial charge in [-0.05, 0) is 66.6 Å². The maximum absolute atomic E-state index is 12.6. The molecule has 0 aliphatic rings. The number of non-ortho nitro benzene ring substituents is 1. The lowest BCUT2D eigenvalue weighted by molar-refractivity contribution is -0.384. The van der Waals surface area contributed by atoms with Crippen LogP contribution in [0.15, 0.2) is 66.2 Å². The average molecular weight is 512 g/mol. The Labute approximate surface area is 211 Å². The second-order valence-electron chi connectivity index (χ2n) is 7.10. The van der Waals surface area contributed by atoms with Crippen molar-refractivity contribution in [2.45, 2.75) is 13.5 Å². The minimum Gasteiger partial charge on any atom is -0.490 e. The molecule has 35 heavy (non-hydrogen) atoms. The summed E-state index contributed by atoms with van der Waals surface area (Å²) in [4.78, 5) is 22.9.